The number of hydrogen-bond donors (Lipinski definition) is 0. The molecule has 164 valence electrons. The van der Waals surface area contributed by atoms with Gasteiger partial charge in [-0.2, -0.15) is 0 Å². The van der Waals surface area contributed by atoms with E-state index in [9.17, 15) is 0 Å². The van der Waals surface area contributed by atoms with Crippen molar-refractivity contribution < 1.29 is 0 Å². The second-order valence-electron chi connectivity index (χ2n) is 9.16. The Labute approximate surface area is 203 Å². The molecule has 0 radical (unpaired) electrons. The molecular weight excluding hydrogens is 453 g/mol. The molecule has 0 saturated heterocycles. The third-order valence-corrected chi connectivity index (χ3v) is 12.5. The van der Waals surface area contributed by atoms with Crippen molar-refractivity contribution in [3.8, 4) is 29.3 Å². The Hall–Kier alpha value is -1.20. The molecule has 0 saturated carbocycles. The van der Waals surface area contributed by atoms with E-state index in [1.807, 2.05) is 45.3 Å². The maximum absolute atomic E-state index is 2.40. The molecule has 0 aliphatic carbocycles. The molecule has 0 fully saturated rings. The van der Waals surface area contributed by atoms with Gasteiger partial charge in [-0.05, 0) is 73.2 Å². The first kappa shape index (κ1) is 23.0. The lowest BCUT2D eigenvalue weighted by Crippen LogP contribution is -2.17. The molecule has 0 aliphatic heterocycles. The van der Waals surface area contributed by atoms with Gasteiger partial charge >= 0.3 is 0 Å². The van der Waals surface area contributed by atoms with Crippen LogP contribution in [0.3, 0.4) is 0 Å². The molecule has 4 aromatic heterocycles. The minimum absolute atomic E-state index is 0.261. The molecule has 0 amide bonds. The van der Waals surface area contributed by atoms with Gasteiger partial charge in [-0.15, -0.1) is 45.3 Å². The van der Waals surface area contributed by atoms with Crippen LogP contribution in [0, 0.1) is 0 Å². The van der Waals surface area contributed by atoms with Crippen LogP contribution in [0.15, 0.2) is 48.5 Å². The van der Waals surface area contributed by atoms with E-state index >= 15 is 0 Å². The van der Waals surface area contributed by atoms with Crippen LogP contribution in [0.2, 0.25) is 0 Å². The molecule has 0 N–H and O–H groups in total. The van der Waals surface area contributed by atoms with Gasteiger partial charge < -0.3 is 0 Å². The van der Waals surface area contributed by atoms with Crippen molar-refractivity contribution in [3.05, 3.63) is 58.3 Å². The summed E-state index contributed by atoms with van der Waals surface area (Å²) < 4.78 is 0. The van der Waals surface area contributed by atoms with Gasteiger partial charge in [0.15, 0.2) is 0 Å². The number of thiophene rings is 4. The van der Waals surface area contributed by atoms with Crippen molar-refractivity contribution in [3.63, 3.8) is 0 Å². The first-order chi connectivity index (χ1) is 14.8. The average molecular weight is 485 g/mol. The van der Waals surface area contributed by atoms with Gasteiger partial charge in [-0.25, -0.2) is 0 Å². The molecular formula is C27H32S4. The van der Waals surface area contributed by atoms with Crippen molar-refractivity contribution in [1.29, 1.82) is 0 Å². The summed E-state index contributed by atoms with van der Waals surface area (Å²) in [6.45, 7) is 14.0. The summed E-state index contributed by atoms with van der Waals surface area (Å²) in [5.74, 6) is 0. The van der Waals surface area contributed by atoms with Gasteiger partial charge in [0, 0.05) is 44.4 Å². The fourth-order valence-electron chi connectivity index (χ4n) is 3.61. The van der Waals surface area contributed by atoms with Crippen LogP contribution in [0.25, 0.3) is 29.3 Å². The highest BCUT2D eigenvalue weighted by molar-refractivity contribution is 7.28. The van der Waals surface area contributed by atoms with Crippen molar-refractivity contribution in [2.75, 3.05) is 0 Å². The summed E-state index contributed by atoms with van der Waals surface area (Å²) in [7, 11) is 0. The topological polar surface area (TPSA) is 0 Å². The zero-order valence-electron chi connectivity index (χ0n) is 19.4. The Morgan fingerprint density at radius 3 is 1.26 bits per heavy atom. The highest BCUT2D eigenvalue weighted by Gasteiger charge is 2.25. The van der Waals surface area contributed by atoms with Crippen LogP contribution in [-0.4, -0.2) is 0 Å². The van der Waals surface area contributed by atoms with Crippen LogP contribution in [0.4, 0.5) is 0 Å². The molecule has 4 aromatic rings. The normalized spacial score (nSPS) is 12.6. The Kier molecular flexibility index (Phi) is 6.65. The van der Waals surface area contributed by atoms with Gasteiger partial charge in [0.2, 0.25) is 0 Å². The maximum Gasteiger partial charge on any atom is 0.0449 e. The molecule has 0 spiro atoms. The van der Waals surface area contributed by atoms with Crippen molar-refractivity contribution in [2.45, 2.75) is 71.6 Å². The van der Waals surface area contributed by atoms with Gasteiger partial charge in [0.25, 0.3) is 0 Å². The Balaban J connectivity index is 1.56. The smallest absolute Gasteiger partial charge is 0.0449 e. The lowest BCUT2D eigenvalue weighted by molar-refractivity contribution is 0.448. The quantitative estimate of drug-likeness (QED) is 0.233. The molecule has 0 aliphatic rings. The van der Waals surface area contributed by atoms with Crippen molar-refractivity contribution >= 4 is 45.3 Å². The molecule has 0 unspecified atom stereocenters. The van der Waals surface area contributed by atoms with Gasteiger partial charge in [0.05, 0.1) is 0 Å². The summed E-state index contributed by atoms with van der Waals surface area (Å²) >= 11 is 7.77. The predicted octanol–water partition coefficient (Wildman–Crippen LogP) is 10.7. The Bertz CT molecular complexity index is 1140. The summed E-state index contributed by atoms with van der Waals surface area (Å²) in [4.78, 5) is 11.3. The van der Waals surface area contributed by atoms with Crippen LogP contribution >= 0.6 is 45.3 Å². The molecule has 0 aromatic carbocycles. The minimum atomic E-state index is 0.261. The van der Waals surface area contributed by atoms with Crippen molar-refractivity contribution in [1.82, 2.24) is 0 Å². The van der Waals surface area contributed by atoms with Gasteiger partial charge in [0.1, 0.15) is 0 Å². The van der Waals surface area contributed by atoms with Gasteiger partial charge in [-0.3, -0.25) is 0 Å². The van der Waals surface area contributed by atoms with E-state index in [0.717, 1.165) is 0 Å². The molecule has 0 atom stereocenters. The van der Waals surface area contributed by atoms with E-state index in [4.69, 9.17) is 0 Å². The molecule has 0 bridgehead atoms. The van der Waals surface area contributed by atoms with E-state index in [2.05, 4.69) is 90.1 Å². The van der Waals surface area contributed by atoms with Crippen LogP contribution in [0.1, 0.15) is 70.6 Å². The van der Waals surface area contributed by atoms with E-state index < -0.39 is 0 Å². The van der Waals surface area contributed by atoms with E-state index in [1.165, 1.54) is 58.3 Å². The molecule has 4 rings (SSSR count). The highest BCUT2D eigenvalue weighted by Crippen LogP contribution is 2.45. The van der Waals surface area contributed by atoms with Crippen LogP contribution in [0.5, 0.6) is 0 Å². The lowest BCUT2D eigenvalue weighted by Gasteiger charge is -2.24. The Morgan fingerprint density at radius 1 is 0.484 bits per heavy atom. The maximum atomic E-state index is 2.40. The third-order valence-electron chi connectivity index (χ3n) is 6.86. The highest BCUT2D eigenvalue weighted by atomic mass is 32.1. The standard InChI is InChI=1S/C27H32S4/c1-7-26(4,5)24-16-14-22(30-24)20-12-10-18(28-20)19-11-13-21(29-19)23-15-17-25(31-23)27(6,8-2)9-3/h10-17H,7-9H2,1-6H3. The monoisotopic (exact) mass is 484 g/mol. The zero-order chi connectivity index (χ0) is 22.2. The third kappa shape index (κ3) is 4.50. The summed E-state index contributed by atoms with van der Waals surface area (Å²) in [6, 6.07) is 18.5. The summed E-state index contributed by atoms with van der Waals surface area (Å²) in [6.07, 6.45) is 3.55. The predicted molar refractivity (Wildman–Crippen MR) is 146 cm³/mol. The molecule has 4 heterocycles. The Morgan fingerprint density at radius 2 is 0.839 bits per heavy atom. The molecule has 4 heteroatoms. The summed E-state index contributed by atoms with van der Waals surface area (Å²) in [5, 5.41) is 0. The number of hydrogen-bond acceptors (Lipinski definition) is 4. The summed E-state index contributed by atoms with van der Waals surface area (Å²) in [5.41, 5.74) is 0.564. The van der Waals surface area contributed by atoms with Gasteiger partial charge in [-0.1, -0.05) is 41.5 Å². The second kappa shape index (κ2) is 8.97. The van der Waals surface area contributed by atoms with Crippen LogP contribution in [-0.2, 0) is 10.8 Å². The van der Waals surface area contributed by atoms with E-state index in [1.54, 1.807) is 0 Å². The molecule has 31 heavy (non-hydrogen) atoms. The lowest BCUT2D eigenvalue weighted by atomic mass is 9.83. The SMILES string of the molecule is CCC(C)(C)c1ccc(-c2ccc(-c3ccc(-c4ccc(C(C)(CC)CC)s4)s3)s2)s1. The first-order valence-corrected chi connectivity index (χ1v) is 14.5. The second-order valence-corrected chi connectivity index (χ2v) is 13.5. The van der Waals surface area contributed by atoms with Crippen molar-refractivity contribution in [2.24, 2.45) is 0 Å². The first-order valence-electron chi connectivity index (χ1n) is 11.2. The average Bonchev–Trinajstić information content (AvgIpc) is 3.57. The van der Waals surface area contributed by atoms with E-state index in [0.29, 0.717) is 5.41 Å². The van der Waals surface area contributed by atoms with E-state index in [-0.39, 0.29) is 5.41 Å². The number of rotatable bonds is 8. The van der Waals surface area contributed by atoms with Crippen LogP contribution < -0.4 is 0 Å². The largest absolute Gasteiger partial charge is 0.139 e. The molecule has 0 nitrogen and oxygen atoms in total. The fraction of sp³-hybridized carbons (Fsp3) is 0.407. The minimum Gasteiger partial charge on any atom is -0.139 e. The zero-order valence-corrected chi connectivity index (χ0v) is 22.6. The fourth-order valence-corrected chi connectivity index (χ4v) is 8.36.